The summed E-state index contributed by atoms with van der Waals surface area (Å²) >= 11 is 5.74. The summed E-state index contributed by atoms with van der Waals surface area (Å²) in [7, 11) is -3.55. The standard InChI is InChI=1S/C12H16ClNO3S/c13-7-10-3-1-2-4-11(10)18(16,17)14-8-12(9-15)5-6-12/h1-4,14-15H,5-9H2. The maximum Gasteiger partial charge on any atom is 0.240 e. The number of sulfonamides is 1. The van der Waals surface area contributed by atoms with E-state index in [1.807, 2.05) is 0 Å². The minimum atomic E-state index is -3.55. The molecule has 0 spiro atoms. The van der Waals surface area contributed by atoms with Gasteiger partial charge in [0.15, 0.2) is 0 Å². The van der Waals surface area contributed by atoms with E-state index in [4.69, 9.17) is 16.7 Å². The molecule has 0 amide bonds. The number of aliphatic hydroxyl groups excluding tert-OH is 1. The molecule has 0 unspecified atom stereocenters. The Hall–Kier alpha value is -0.620. The number of benzene rings is 1. The van der Waals surface area contributed by atoms with Crippen LogP contribution in [0.4, 0.5) is 0 Å². The van der Waals surface area contributed by atoms with Crippen molar-refractivity contribution in [3.05, 3.63) is 29.8 Å². The summed E-state index contributed by atoms with van der Waals surface area (Å²) in [6, 6.07) is 6.66. The van der Waals surface area contributed by atoms with E-state index in [0.29, 0.717) is 5.56 Å². The summed E-state index contributed by atoms with van der Waals surface area (Å²) in [6.45, 7) is 0.301. The molecule has 1 aliphatic rings. The first-order chi connectivity index (χ1) is 8.53. The van der Waals surface area contributed by atoms with Gasteiger partial charge in [-0.1, -0.05) is 18.2 Å². The van der Waals surface area contributed by atoms with E-state index in [0.717, 1.165) is 12.8 Å². The molecule has 0 heterocycles. The van der Waals surface area contributed by atoms with Crippen LogP contribution >= 0.6 is 11.6 Å². The first-order valence-corrected chi connectivity index (χ1v) is 7.79. The molecular weight excluding hydrogens is 274 g/mol. The molecule has 1 aromatic rings. The fraction of sp³-hybridized carbons (Fsp3) is 0.500. The Balaban J connectivity index is 2.15. The first kappa shape index (κ1) is 13.8. The van der Waals surface area contributed by atoms with Gasteiger partial charge in [-0.15, -0.1) is 11.6 Å². The zero-order valence-corrected chi connectivity index (χ0v) is 11.5. The Morgan fingerprint density at radius 3 is 2.56 bits per heavy atom. The second-order valence-electron chi connectivity index (χ2n) is 4.72. The summed E-state index contributed by atoms with van der Waals surface area (Å²) in [5.74, 6) is 0.155. The van der Waals surface area contributed by atoms with Crippen LogP contribution in [0.15, 0.2) is 29.2 Å². The molecule has 0 aliphatic heterocycles. The molecule has 0 atom stereocenters. The van der Waals surface area contributed by atoms with Crippen molar-refractivity contribution in [1.29, 1.82) is 0 Å². The van der Waals surface area contributed by atoms with Crippen molar-refractivity contribution in [2.45, 2.75) is 23.6 Å². The van der Waals surface area contributed by atoms with Crippen LogP contribution in [0.5, 0.6) is 0 Å². The van der Waals surface area contributed by atoms with E-state index in [-0.39, 0.29) is 29.3 Å². The number of alkyl halides is 1. The molecule has 1 aromatic carbocycles. The summed E-state index contributed by atoms with van der Waals surface area (Å²) in [6.07, 6.45) is 1.73. The molecule has 2 N–H and O–H groups in total. The lowest BCUT2D eigenvalue weighted by Gasteiger charge is -2.14. The quantitative estimate of drug-likeness (QED) is 0.780. The molecule has 0 aromatic heterocycles. The van der Waals surface area contributed by atoms with Crippen LogP contribution in [0.1, 0.15) is 18.4 Å². The largest absolute Gasteiger partial charge is 0.396 e. The molecule has 0 bridgehead atoms. The third kappa shape index (κ3) is 2.85. The van der Waals surface area contributed by atoms with Gasteiger partial charge < -0.3 is 5.11 Å². The Labute approximate surface area is 112 Å². The highest BCUT2D eigenvalue weighted by atomic mass is 35.5. The number of hydrogen-bond donors (Lipinski definition) is 2. The predicted octanol–water partition coefficient (Wildman–Crippen LogP) is 1.48. The van der Waals surface area contributed by atoms with Crippen LogP contribution in [0.2, 0.25) is 0 Å². The Kier molecular flexibility index (Phi) is 3.96. The lowest BCUT2D eigenvalue weighted by molar-refractivity contribution is 0.213. The van der Waals surface area contributed by atoms with Gasteiger partial charge in [0.1, 0.15) is 0 Å². The van der Waals surface area contributed by atoms with E-state index in [1.54, 1.807) is 24.3 Å². The fourth-order valence-electron chi connectivity index (χ4n) is 1.77. The van der Waals surface area contributed by atoms with Crippen molar-refractivity contribution in [3.8, 4) is 0 Å². The van der Waals surface area contributed by atoms with Crippen LogP contribution in [-0.4, -0.2) is 26.7 Å². The second kappa shape index (κ2) is 5.17. The number of rotatable bonds is 6. The van der Waals surface area contributed by atoms with Crippen molar-refractivity contribution in [3.63, 3.8) is 0 Å². The lowest BCUT2D eigenvalue weighted by atomic mass is 10.1. The predicted molar refractivity (Wildman–Crippen MR) is 69.9 cm³/mol. The Morgan fingerprint density at radius 2 is 2.00 bits per heavy atom. The second-order valence-corrected chi connectivity index (χ2v) is 6.73. The molecule has 6 heteroatoms. The smallest absolute Gasteiger partial charge is 0.240 e. The van der Waals surface area contributed by atoms with Crippen molar-refractivity contribution < 1.29 is 13.5 Å². The third-order valence-corrected chi connectivity index (χ3v) is 5.13. The molecule has 100 valence electrons. The molecular formula is C12H16ClNO3S. The van der Waals surface area contributed by atoms with Crippen LogP contribution in [0.3, 0.4) is 0 Å². The number of aliphatic hydroxyl groups is 1. The minimum Gasteiger partial charge on any atom is -0.396 e. The molecule has 1 saturated carbocycles. The number of nitrogens with one attached hydrogen (secondary N) is 1. The van der Waals surface area contributed by atoms with Gasteiger partial charge in [0.2, 0.25) is 10.0 Å². The van der Waals surface area contributed by atoms with E-state index in [2.05, 4.69) is 4.72 Å². The van der Waals surface area contributed by atoms with E-state index in [9.17, 15) is 8.42 Å². The fourth-order valence-corrected chi connectivity index (χ4v) is 3.48. The zero-order valence-electron chi connectivity index (χ0n) is 9.89. The topological polar surface area (TPSA) is 66.4 Å². The van der Waals surface area contributed by atoms with Gasteiger partial charge in [-0.05, 0) is 24.5 Å². The van der Waals surface area contributed by atoms with Crippen molar-refractivity contribution in [2.24, 2.45) is 5.41 Å². The molecule has 4 nitrogen and oxygen atoms in total. The van der Waals surface area contributed by atoms with E-state index >= 15 is 0 Å². The van der Waals surface area contributed by atoms with E-state index < -0.39 is 10.0 Å². The first-order valence-electron chi connectivity index (χ1n) is 5.77. The van der Waals surface area contributed by atoms with E-state index in [1.165, 1.54) is 0 Å². The van der Waals surface area contributed by atoms with Crippen LogP contribution < -0.4 is 4.72 Å². The van der Waals surface area contributed by atoms with Gasteiger partial charge >= 0.3 is 0 Å². The molecule has 0 radical (unpaired) electrons. The van der Waals surface area contributed by atoms with Gasteiger partial charge in [0, 0.05) is 24.4 Å². The van der Waals surface area contributed by atoms with Crippen molar-refractivity contribution in [1.82, 2.24) is 4.72 Å². The highest BCUT2D eigenvalue weighted by Gasteiger charge is 2.42. The lowest BCUT2D eigenvalue weighted by Crippen LogP contribution is -2.32. The maximum atomic E-state index is 12.2. The van der Waals surface area contributed by atoms with Gasteiger partial charge in [0.05, 0.1) is 4.90 Å². The van der Waals surface area contributed by atoms with Gasteiger partial charge in [-0.2, -0.15) is 0 Å². The molecule has 1 aliphatic carbocycles. The highest BCUT2D eigenvalue weighted by Crippen LogP contribution is 2.44. The van der Waals surface area contributed by atoms with Gasteiger partial charge in [-0.25, -0.2) is 13.1 Å². The average molecular weight is 290 g/mol. The zero-order chi connectivity index (χ0) is 13.2. The third-order valence-electron chi connectivity index (χ3n) is 3.34. The average Bonchev–Trinajstić information content (AvgIpc) is 3.17. The molecule has 1 fully saturated rings. The molecule has 18 heavy (non-hydrogen) atoms. The number of halogens is 1. The highest BCUT2D eigenvalue weighted by molar-refractivity contribution is 7.89. The van der Waals surface area contributed by atoms with Crippen LogP contribution in [0, 0.1) is 5.41 Å². The Bertz CT molecular complexity index is 526. The Morgan fingerprint density at radius 1 is 1.33 bits per heavy atom. The number of hydrogen-bond acceptors (Lipinski definition) is 3. The van der Waals surface area contributed by atoms with Gasteiger partial charge in [0.25, 0.3) is 0 Å². The van der Waals surface area contributed by atoms with Crippen LogP contribution in [0.25, 0.3) is 0 Å². The summed E-state index contributed by atoms with van der Waals surface area (Å²) in [5, 5.41) is 9.17. The maximum absolute atomic E-state index is 12.2. The summed E-state index contributed by atoms with van der Waals surface area (Å²) in [5.41, 5.74) is 0.337. The molecule has 0 saturated heterocycles. The summed E-state index contributed by atoms with van der Waals surface area (Å²) < 4.78 is 26.9. The van der Waals surface area contributed by atoms with Crippen LogP contribution in [-0.2, 0) is 15.9 Å². The molecule has 2 rings (SSSR count). The SMILES string of the molecule is O=S(=O)(NCC1(CO)CC1)c1ccccc1CCl. The monoisotopic (exact) mass is 289 g/mol. The van der Waals surface area contributed by atoms with Crippen molar-refractivity contribution in [2.75, 3.05) is 13.2 Å². The van der Waals surface area contributed by atoms with Gasteiger partial charge in [-0.3, -0.25) is 0 Å². The minimum absolute atomic E-state index is 0.0205. The normalized spacial score (nSPS) is 17.7. The summed E-state index contributed by atoms with van der Waals surface area (Å²) in [4.78, 5) is 0.216. The van der Waals surface area contributed by atoms with Crippen molar-refractivity contribution >= 4 is 21.6 Å².